The number of aliphatic hydroxyl groups excluding tert-OH is 1. The molecule has 1 N–H and O–H groups in total. The lowest BCUT2D eigenvalue weighted by atomic mass is 10.1. The van der Waals surface area contributed by atoms with Crippen molar-refractivity contribution < 1.29 is 5.11 Å². The van der Waals surface area contributed by atoms with Gasteiger partial charge in [0, 0.05) is 18.4 Å². The van der Waals surface area contributed by atoms with Crippen LogP contribution >= 0.6 is 0 Å². The van der Waals surface area contributed by atoms with Crippen molar-refractivity contribution in [3.05, 3.63) is 59.7 Å². The molecule has 17 heavy (non-hydrogen) atoms. The van der Waals surface area contributed by atoms with Gasteiger partial charge in [-0.3, -0.25) is 0 Å². The van der Waals surface area contributed by atoms with Crippen LogP contribution < -0.4 is 4.90 Å². The molecule has 2 aromatic rings. The molecule has 0 saturated heterocycles. The van der Waals surface area contributed by atoms with Gasteiger partial charge in [-0.2, -0.15) is 0 Å². The lowest BCUT2D eigenvalue weighted by molar-refractivity contribution is 0.282. The van der Waals surface area contributed by atoms with Crippen LogP contribution in [0.15, 0.2) is 48.5 Å². The summed E-state index contributed by atoms with van der Waals surface area (Å²) >= 11 is 0. The Balaban J connectivity index is 2.34. The molecule has 0 aliphatic heterocycles. The lowest BCUT2D eigenvalue weighted by Crippen LogP contribution is -2.10. The second-order valence-electron chi connectivity index (χ2n) is 4.17. The van der Waals surface area contributed by atoms with Crippen LogP contribution in [-0.4, -0.2) is 12.2 Å². The monoisotopic (exact) mass is 227 g/mol. The Hall–Kier alpha value is -1.80. The van der Waals surface area contributed by atoms with Gasteiger partial charge in [0.1, 0.15) is 0 Å². The Morgan fingerprint density at radius 1 is 1.06 bits per heavy atom. The zero-order chi connectivity index (χ0) is 12.3. The molecule has 0 amide bonds. The zero-order valence-electron chi connectivity index (χ0n) is 10.2. The molecule has 2 rings (SSSR count). The van der Waals surface area contributed by atoms with Gasteiger partial charge in [0.2, 0.25) is 0 Å². The Morgan fingerprint density at radius 2 is 1.76 bits per heavy atom. The van der Waals surface area contributed by atoms with E-state index in [1.54, 1.807) is 0 Å². The smallest absolute Gasteiger partial charge is 0.0681 e. The molecule has 0 aromatic heterocycles. The van der Waals surface area contributed by atoms with Gasteiger partial charge in [0.05, 0.1) is 6.61 Å². The Kier molecular flexibility index (Phi) is 3.45. The summed E-state index contributed by atoms with van der Waals surface area (Å²) in [6.07, 6.45) is 0. The highest BCUT2D eigenvalue weighted by Gasteiger charge is 2.06. The van der Waals surface area contributed by atoms with E-state index in [9.17, 15) is 0 Å². The topological polar surface area (TPSA) is 23.5 Å². The molecular formula is C15H17NO. The van der Waals surface area contributed by atoms with E-state index in [2.05, 4.69) is 31.0 Å². The van der Waals surface area contributed by atoms with E-state index in [0.717, 1.165) is 16.9 Å². The fraction of sp³-hybridized carbons (Fsp3) is 0.200. The SMILES string of the molecule is Cc1cc(CO)ccc1N(C)c1ccccc1. The van der Waals surface area contributed by atoms with Crippen molar-refractivity contribution in [3.63, 3.8) is 0 Å². The van der Waals surface area contributed by atoms with Crippen molar-refractivity contribution >= 4 is 11.4 Å². The second kappa shape index (κ2) is 5.02. The van der Waals surface area contributed by atoms with Crippen LogP contribution in [0.4, 0.5) is 11.4 Å². The molecule has 0 heterocycles. The van der Waals surface area contributed by atoms with Gasteiger partial charge < -0.3 is 10.0 Å². The Bertz CT molecular complexity index is 494. The average molecular weight is 227 g/mol. The number of aliphatic hydroxyl groups is 1. The first-order chi connectivity index (χ1) is 8.22. The van der Waals surface area contributed by atoms with Crippen LogP contribution in [0.3, 0.4) is 0 Å². The highest BCUT2D eigenvalue weighted by Crippen LogP contribution is 2.27. The quantitative estimate of drug-likeness (QED) is 0.870. The number of anilines is 2. The largest absolute Gasteiger partial charge is 0.392 e. The maximum atomic E-state index is 9.09. The minimum Gasteiger partial charge on any atom is -0.392 e. The summed E-state index contributed by atoms with van der Waals surface area (Å²) in [5.41, 5.74) is 4.44. The van der Waals surface area contributed by atoms with Crippen LogP contribution in [0, 0.1) is 6.92 Å². The highest BCUT2D eigenvalue weighted by molar-refractivity contribution is 5.65. The summed E-state index contributed by atoms with van der Waals surface area (Å²) in [6, 6.07) is 16.3. The first kappa shape index (κ1) is 11.7. The van der Waals surface area contributed by atoms with Gasteiger partial charge in [-0.25, -0.2) is 0 Å². The molecule has 0 bridgehead atoms. The molecule has 0 atom stereocenters. The lowest BCUT2D eigenvalue weighted by Gasteiger charge is -2.22. The summed E-state index contributed by atoms with van der Waals surface area (Å²) in [6.45, 7) is 2.16. The fourth-order valence-corrected chi connectivity index (χ4v) is 1.98. The fourth-order valence-electron chi connectivity index (χ4n) is 1.98. The normalized spacial score (nSPS) is 10.3. The molecule has 2 aromatic carbocycles. The molecule has 0 radical (unpaired) electrons. The van der Waals surface area contributed by atoms with Crippen LogP contribution in [0.5, 0.6) is 0 Å². The van der Waals surface area contributed by atoms with Gasteiger partial charge in [-0.05, 0) is 36.2 Å². The van der Waals surface area contributed by atoms with Crippen molar-refractivity contribution in [1.29, 1.82) is 0 Å². The van der Waals surface area contributed by atoms with E-state index in [-0.39, 0.29) is 6.61 Å². The number of hydrogen-bond acceptors (Lipinski definition) is 2. The number of nitrogens with zero attached hydrogens (tertiary/aromatic N) is 1. The van der Waals surface area contributed by atoms with Gasteiger partial charge in [-0.15, -0.1) is 0 Å². The molecule has 0 spiro atoms. The van der Waals surface area contributed by atoms with E-state index in [1.165, 1.54) is 5.56 Å². The van der Waals surface area contributed by atoms with Gasteiger partial charge >= 0.3 is 0 Å². The van der Waals surface area contributed by atoms with Gasteiger partial charge in [-0.1, -0.05) is 30.3 Å². The van der Waals surface area contributed by atoms with Crippen LogP contribution in [-0.2, 0) is 6.61 Å². The standard InChI is InChI=1S/C15H17NO/c1-12-10-13(11-17)8-9-15(12)16(2)14-6-4-3-5-7-14/h3-10,17H,11H2,1-2H3. The number of rotatable bonds is 3. The molecule has 0 unspecified atom stereocenters. The maximum Gasteiger partial charge on any atom is 0.0681 e. The first-order valence-electron chi connectivity index (χ1n) is 5.71. The second-order valence-corrected chi connectivity index (χ2v) is 4.17. The predicted molar refractivity (Wildman–Crippen MR) is 71.6 cm³/mol. The van der Waals surface area contributed by atoms with E-state index < -0.39 is 0 Å². The molecule has 2 nitrogen and oxygen atoms in total. The third-order valence-electron chi connectivity index (χ3n) is 2.95. The molecular weight excluding hydrogens is 210 g/mol. The van der Waals surface area contributed by atoms with Crippen molar-refractivity contribution in [2.45, 2.75) is 13.5 Å². The van der Waals surface area contributed by atoms with Gasteiger partial charge in [0.25, 0.3) is 0 Å². The van der Waals surface area contributed by atoms with Crippen molar-refractivity contribution in [2.24, 2.45) is 0 Å². The van der Waals surface area contributed by atoms with Gasteiger partial charge in [0.15, 0.2) is 0 Å². The Labute approximate surface area is 102 Å². The summed E-state index contributed by atoms with van der Waals surface area (Å²) in [7, 11) is 2.05. The summed E-state index contributed by atoms with van der Waals surface area (Å²) < 4.78 is 0. The predicted octanol–water partition coefficient (Wildman–Crippen LogP) is 3.26. The number of hydrogen-bond donors (Lipinski definition) is 1. The molecule has 0 aliphatic rings. The molecule has 0 saturated carbocycles. The third kappa shape index (κ3) is 2.48. The zero-order valence-corrected chi connectivity index (χ0v) is 10.2. The van der Waals surface area contributed by atoms with Crippen LogP contribution in [0.25, 0.3) is 0 Å². The number of para-hydroxylation sites is 1. The Morgan fingerprint density at radius 3 is 2.35 bits per heavy atom. The van der Waals surface area contributed by atoms with E-state index in [4.69, 9.17) is 5.11 Å². The maximum absolute atomic E-state index is 9.09. The summed E-state index contributed by atoms with van der Waals surface area (Å²) in [5, 5.41) is 9.09. The summed E-state index contributed by atoms with van der Waals surface area (Å²) in [4.78, 5) is 2.15. The number of benzene rings is 2. The minimum atomic E-state index is 0.0934. The third-order valence-corrected chi connectivity index (χ3v) is 2.95. The van der Waals surface area contributed by atoms with Crippen LogP contribution in [0.2, 0.25) is 0 Å². The van der Waals surface area contributed by atoms with Crippen LogP contribution in [0.1, 0.15) is 11.1 Å². The molecule has 2 heteroatoms. The first-order valence-corrected chi connectivity index (χ1v) is 5.71. The summed E-state index contributed by atoms with van der Waals surface area (Å²) in [5.74, 6) is 0. The van der Waals surface area contributed by atoms with Crippen molar-refractivity contribution in [1.82, 2.24) is 0 Å². The average Bonchev–Trinajstić information content (AvgIpc) is 2.39. The molecule has 0 fully saturated rings. The van der Waals surface area contributed by atoms with Crippen molar-refractivity contribution in [3.8, 4) is 0 Å². The van der Waals surface area contributed by atoms with E-state index in [0.29, 0.717) is 0 Å². The molecule has 0 aliphatic carbocycles. The van der Waals surface area contributed by atoms with Crippen molar-refractivity contribution in [2.75, 3.05) is 11.9 Å². The highest BCUT2D eigenvalue weighted by atomic mass is 16.3. The molecule has 88 valence electrons. The van der Waals surface area contributed by atoms with E-state index in [1.807, 2.05) is 36.4 Å². The number of aryl methyl sites for hydroxylation is 1. The van der Waals surface area contributed by atoms with E-state index >= 15 is 0 Å². The minimum absolute atomic E-state index is 0.0934.